The molecule has 4 N–H and O–H groups in total. The molecule has 2 heterocycles. The second-order valence-corrected chi connectivity index (χ2v) is 8.64. The molecule has 1 aromatic carbocycles. The van der Waals surface area contributed by atoms with Crippen molar-refractivity contribution in [2.75, 3.05) is 22.5 Å². The van der Waals surface area contributed by atoms with E-state index in [4.69, 9.17) is 4.98 Å². The molecule has 0 atom stereocenters. The molecule has 1 amide bonds. The molecule has 1 fully saturated rings. The van der Waals surface area contributed by atoms with E-state index in [1.165, 1.54) is 0 Å². The lowest BCUT2D eigenvalue weighted by atomic mass is 9.93. The highest BCUT2D eigenvalue weighted by molar-refractivity contribution is 6.04. The Kier molecular flexibility index (Phi) is 8.04. The number of anilines is 3. The van der Waals surface area contributed by atoms with E-state index in [9.17, 15) is 9.90 Å². The van der Waals surface area contributed by atoms with Crippen molar-refractivity contribution in [1.29, 1.82) is 0 Å². The molecule has 4 rings (SSSR count). The Morgan fingerprint density at radius 2 is 1.82 bits per heavy atom. The van der Waals surface area contributed by atoms with Crippen LogP contribution in [0.15, 0.2) is 54.9 Å². The van der Waals surface area contributed by atoms with Gasteiger partial charge in [-0.25, -0.2) is 4.98 Å². The highest BCUT2D eigenvalue weighted by atomic mass is 16.3. The maximum atomic E-state index is 12.4. The number of benzene rings is 1. The van der Waals surface area contributed by atoms with Crippen LogP contribution in [0.2, 0.25) is 0 Å². The Balaban J connectivity index is 1.52. The van der Waals surface area contributed by atoms with Crippen molar-refractivity contribution in [1.82, 2.24) is 15.0 Å². The molecule has 0 bridgehead atoms. The number of nitrogens with one attached hydrogen (secondary N) is 3. The summed E-state index contributed by atoms with van der Waals surface area (Å²) >= 11 is 0. The van der Waals surface area contributed by atoms with Crippen molar-refractivity contribution >= 4 is 23.4 Å². The van der Waals surface area contributed by atoms with Crippen LogP contribution in [-0.2, 0) is 0 Å². The third-order valence-electron chi connectivity index (χ3n) is 5.97. The number of pyridine rings is 1. The van der Waals surface area contributed by atoms with Crippen LogP contribution < -0.4 is 16.0 Å². The molecule has 1 aliphatic carbocycles. The molecule has 2 aromatic heterocycles. The molecule has 0 radical (unpaired) electrons. The Hall–Kier alpha value is -3.52. The van der Waals surface area contributed by atoms with Crippen LogP contribution >= 0.6 is 0 Å². The van der Waals surface area contributed by atoms with Gasteiger partial charge in [-0.2, -0.15) is 4.98 Å². The fourth-order valence-electron chi connectivity index (χ4n) is 3.97. The predicted octanol–water partition coefficient (Wildman–Crippen LogP) is 4.72. The first-order valence-electron chi connectivity index (χ1n) is 12.0. The lowest BCUT2D eigenvalue weighted by Gasteiger charge is -2.27. The molecular weight excluding hydrogens is 428 g/mol. The summed E-state index contributed by atoms with van der Waals surface area (Å²) in [4.78, 5) is 26.2. The molecule has 0 saturated heterocycles. The first-order valence-corrected chi connectivity index (χ1v) is 12.0. The Bertz CT molecular complexity index is 1070. The van der Waals surface area contributed by atoms with E-state index in [1.807, 2.05) is 30.3 Å². The fourth-order valence-corrected chi connectivity index (χ4v) is 3.97. The minimum atomic E-state index is -0.213. The third kappa shape index (κ3) is 6.29. The van der Waals surface area contributed by atoms with E-state index in [-0.39, 0.29) is 18.1 Å². The zero-order chi connectivity index (χ0) is 23.8. The summed E-state index contributed by atoms with van der Waals surface area (Å²) in [6, 6.07) is 13.0. The van der Waals surface area contributed by atoms with Crippen molar-refractivity contribution in [3.8, 4) is 11.3 Å². The van der Waals surface area contributed by atoms with Crippen LogP contribution in [0.5, 0.6) is 0 Å². The zero-order valence-corrected chi connectivity index (χ0v) is 19.5. The van der Waals surface area contributed by atoms with Gasteiger partial charge in [-0.05, 0) is 56.4 Å². The summed E-state index contributed by atoms with van der Waals surface area (Å²) in [5, 5.41) is 19.6. The van der Waals surface area contributed by atoms with Crippen molar-refractivity contribution < 1.29 is 9.90 Å². The quantitative estimate of drug-likeness (QED) is 0.342. The summed E-state index contributed by atoms with van der Waals surface area (Å²) in [7, 11) is 0. The molecule has 0 unspecified atom stereocenters. The van der Waals surface area contributed by atoms with Crippen LogP contribution in [0.25, 0.3) is 11.3 Å². The minimum Gasteiger partial charge on any atom is -0.393 e. The third-order valence-corrected chi connectivity index (χ3v) is 5.97. The smallest absolute Gasteiger partial charge is 0.255 e. The topological polar surface area (TPSA) is 112 Å². The maximum Gasteiger partial charge on any atom is 0.255 e. The molecular formula is C26H32N6O2. The van der Waals surface area contributed by atoms with Gasteiger partial charge in [0.25, 0.3) is 5.91 Å². The Morgan fingerprint density at radius 3 is 2.53 bits per heavy atom. The predicted molar refractivity (Wildman–Crippen MR) is 135 cm³/mol. The minimum absolute atomic E-state index is 0.178. The number of aliphatic hydroxyl groups is 1. The number of carbonyl (C=O) groups is 1. The number of hydrogen-bond donors (Lipinski definition) is 4. The van der Waals surface area contributed by atoms with Crippen LogP contribution in [0.1, 0.15) is 55.8 Å². The lowest BCUT2D eigenvalue weighted by molar-refractivity contribution is 0.102. The van der Waals surface area contributed by atoms with Gasteiger partial charge in [0.2, 0.25) is 5.95 Å². The SMILES string of the molecule is CCCCNc1ncc(-c2ccc(NC(=O)c3ccccc3)cn2)c(N[C@H]2CC[C@H](O)CC2)n1. The number of amides is 1. The van der Waals surface area contributed by atoms with Crippen molar-refractivity contribution in [2.45, 2.75) is 57.6 Å². The zero-order valence-electron chi connectivity index (χ0n) is 19.5. The molecule has 8 nitrogen and oxygen atoms in total. The van der Waals surface area contributed by atoms with E-state index >= 15 is 0 Å². The normalized spacial score (nSPS) is 17.7. The largest absolute Gasteiger partial charge is 0.393 e. The fraction of sp³-hybridized carbons (Fsp3) is 0.385. The standard InChI is InChI=1S/C26H32N6O2/c1-2-3-15-27-26-29-17-22(24(32-26)30-19-9-12-21(33)13-10-19)23-14-11-20(16-28-23)31-25(34)18-7-5-4-6-8-18/h4-8,11,14,16-17,19,21,33H,2-3,9-10,12-13,15H2,1H3,(H,31,34)(H2,27,29,30,32)/t19-,21-. The van der Waals surface area contributed by atoms with Crippen LogP contribution in [0.3, 0.4) is 0 Å². The number of nitrogens with zero attached hydrogens (tertiary/aromatic N) is 3. The number of hydrogen-bond acceptors (Lipinski definition) is 7. The average Bonchev–Trinajstić information content (AvgIpc) is 2.87. The summed E-state index contributed by atoms with van der Waals surface area (Å²) in [5.41, 5.74) is 2.73. The van der Waals surface area contributed by atoms with Gasteiger partial charge in [-0.1, -0.05) is 31.5 Å². The lowest BCUT2D eigenvalue weighted by Crippen LogP contribution is -2.29. The van der Waals surface area contributed by atoms with Gasteiger partial charge >= 0.3 is 0 Å². The molecule has 0 aliphatic heterocycles. The molecule has 178 valence electrons. The van der Waals surface area contributed by atoms with Crippen LogP contribution in [0, 0.1) is 0 Å². The molecule has 8 heteroatoms. The van der Waals surface area contributed by atoms with E-state index in [2.05, 4.69) is 32.8 Å². The maximum absolute atomic E-state index is 12.4. The van der Waals surface area contributed by atoms with Gasteiger partial charge < -0.3 is 21.1 Å². The number of rotatable bonds is 9. The van der Waals surface area contributed by atoms with Crippen molar-refractivity contribution in [3.63, 3.8) is 0 Å². The van der Waals surface area contributed by atoms with Gasteiger partial charge in [0.15, 0.2) is 0 Å². The number of aliphatic hydroxyl groups excluding tert-OH is 1. The number of aromatic nitrogens is 3. The van der Waals surface area contributed by atoms with Crippen LogP contribution in [0.4, 0.5) is 17.5 Å². The average molecular weight is 461 g/mol. The van der Waals surface area contributed by atoms with Gasteiger partial charge in [-0.15, -0.1) is 0 Å². The first-order chi connectivity index (χ1) is 16.6. The van der Waals surface area contributed by atoms with E-state index in [0.717, 1.165) is 62.1 Å². The number of carbonyl (C=O) groups excluding carboxylic acids is 1. The van der Waals surface area contributed by atoms with Crippen molar-refractivity contribution in [3.05, 3.63) is 60.4 Å². The first kappa shape index (κ1) is 23.6. The molecule has 0 spiro atoms. The van der Waals surface area contributed by atoms with E-state index in [0.29, 0.717) is 17.2 Å². The second kappa shape index (κ2) is 11.6. The monoisotopic (exact) mass is 460 g/mol. The van der Waals surface area contributed by atoms with Crippen LogP contribution in [-0.4, -0.2) is 44.7 Å². The summed E-state index contributed by atoms with van der Waals surface area (Å²) < 4.78 is 0. The molecule has 1 aliphatic rings. The Morgan fingerprint density at radius 1 is 1.03 bits per heavy atom. The van der Waals surface area contributed by atoms with Crippen molar-refractivity contribution in [2.24, 2.45) is 0 Å². The van der Waals surface area contributed by atoms with Gasteiger partial charge in [0, 0.05) is 24.3 Å². The highest BCUT2D eigenvalue weighted by Crippen LogP contribution is 2.29. The molecule has 1 saturated carbocycles. The Labute approximate surface area is 200 Å². The summed E-state index contributed by atoms with van der Waals surface area (Å²) in [6.45, 7) is 2.96. The summed E-state index contributed by atoms with van der Waals surface area (Å²) in [6.07, 6.45) is 8.71. The highest BCUT2D eigenvalue weighted by Gasteiger charge is 2.21. The van der Waals surface area contributed by atoms with Gasteiger partial charge in [0.1, 0.15) is 5.82 Å². The molecule has 34 heavy (non-hydrogen) atoms. The van der Waals surface area contributed by atoms with E-state index in [1.54, 1.807) is 24.5 Å². The van der Waals surface area contributed by atoms with Gasteiger partial charge in [-0.3, -0.25) is 9.78 Å². The van der Waals surface area contributed by atoms with E-state index < -0.39 is 0 Å². The number of unbranched alkanes of at least 4 members (excludes halogenated alkanes) is 1. The molecule has 3 aromatic rings. The second-order valence-electron chi connectivity index (χ2n) is 8.64. The van der Waals surface area contributed by atoms with Gasteiger partial charge in [0.05, 0.1) is 29.2 Å². The summed E-state index contributed by atoms with van der Waals surface area (Å²) in [5.74, 6) is 1.13.